The van der Waals surface area contributed by atoms with Gasteiger partial charge in [-0.1, -0.05) is 0 Å². The number of guanidine groups is 1. The lowest BCUT2D eigenvalue weighted by Crippen LogP contribution is -2.40. The second-order valence-electron chi connectivity index (χ2n) is 6.60. The summed E-state index contributed by atoms with van der Waals surface area (Å²) in [6.07, 6.45) is 5.00. The maximum atomic E-state index is 5.78. The number of aliphatic imine (C=N–C) groups is 1. The first kappa shape index (κ1) is 21.9. The summed E-state index contributed by atoms with van der Waals surface area (Å²) < 4.78 is 11.1. The third-order valence-electron chi connectivity index (χ3n) is 4.53. The molecule has 0 aromatic rings. The summed E-state index contributed by atoms with van der Waals surface area (Å²) in [5.74, 6) is 0.910. The Hall–Kier alpha value is -0.120. The highest BCUT2D eigenvalue weighted by Gasteiger charge is 2.28. The van der Waals surface area contributed by atoms with Crippen LogP contribution in [0.5, 0.6) is 0 Å². The van der Waals surface area contributed by atoms with Gasteiger partial charge in [-0.15, -0.1) is 24.0 Å². The van der Waals surface area contributed by atoms with Crippen LogP contribution in [0.15, 0.2) is 4.99 Å². The first-order valence-corrected chi connectivity index (χ1v) is 9.14. The van der Waals surface area contributed by atoms with Crippen molar-refractivity contribution < 1.29 is 9.47 Å². The van der Waals surface area contributed by atoms with Gasteiger partial charge in [-0.3, -0.25) is 9.89 Å². The molecule has 0 aromatic heterocycles. The molecule has 0 amide bonds. The maximum absolute atomic E-state index is 5.78. The van der Waals surface area contributed by atoms with Crippen LogP contribution in [-0.2, 0) is 9.47 Å². The van der Waals surface area contributed by atoms with Crippen molar-refractivity contribution in [1.29, 1.82) is 0 Å². The lowest BCUT2D eigenvalue weighted by molar-refractivity contribution is 0.0420. The molecule has 2 fully saturated rings. The van der Waals surface area contributed by atoms with E-state index < -0.39 is 0 Å². The number of likely N-dealkylation sites (N-methyl/N-ethyl adjacent to an activating group) is 1. The predicted molar refractivity (Wildman–Crippen MR) is 109 cm³/mol. The van der Waals surface area contributed by atoms with Crippen LogP contribution >= 0.6 is 24.0 Å². The molecule has 24 heavy (non-hydrogen) atoms. The number of hydrogen-bond donors (Lipinski definition) is 2. The molecule has 0 radical (unpaired) electrons. The van der Waals surface area contributed by atoms with Crippen LogP contribution in [0.2, 0.25) is 0 Å². The summed E-state index contributed by atoms with van der Waals surface area (Å²) in [6, 6.07) is 1.27. The molecule has 2 N–H and O–H groups in total. The van der Waals surface area contributed by atoms with Crippen molar-refractivity contribution in [3.8, 4) is 0 Å². The molecular formula is C17H35IN4O2. The molecule has 0 bridgehead atoms. The Morgan fingerprint density at radius 3 is 2.75 bits per heavy atom. The van der Waals surface area contributed by atoms with Crippen molar-refractivity contribution in [3.05, 3.63) is 0 Å². The minimum Gasteiger partial charge on any atom is -0.379 e. The lowest BCUT2D eigenvalue weighted by Gasteiger charge is -2.23. The lowest BCUT2D eigenvalue weighted by atomic mass is 10.3. The Morgan fingerprint density at radius 1 is 1.33 bits per heavy atom. The van der Waals surface area contributed by atoms with Gasteiger partial charge in [0.2, 0.25) is 0 Å². The molecule has 7 heteroatoms. The zero-order chi connectivity index (χ0) is 16.5. The zero-order valence-corrected chi connectivity index (χ0v) is 17.8. The quantitative estimate of drug-likeness (QED) is 0.228. The largest absolute Gasteiger partial charge is 0.379 e. The summed E-state index contributed by atoms with van der Waals surface area (Å²) in [6.45, 7) is 9.32. The number of ether oxygens (including phenoxy) is 2. The van der Waals surface area contributed by atoms with Crippen LogP contribution < -0.4 is 10.6 Å². The van der Waals surface area contributed by atoms with Gasteiger partial charge < -0.3 is 20.1 Å². The molecule has 1 heterocycles. The molecule has 1 aliphatic heterocycles. The molecule has 0 spiro atoms. The first-order valence-electron chi connectivity index (χ1n) is 9.14. The van der Waals surface area contributed by atoms with Gasteiger partial charge in [0, 0.05) is 38.4 Å². The van der Waals surface area contributed by atoms with E-state index in [2.05, 4.69) is 36.4 Å². The van der Waals surface area contributed by atoms with Crippen LogP contribution in [0, 0.1) is 0 Å². The maximum Gasteiger partial charge on any atom is 0.191 e. The number of nitrogens with zero attached hydrogens (tertiary/aromatic N) is 2. The van der Waals surface area contributed by atoms with E-state index in [1.54, 1.807) is 0 Å². The molecule has 1 saturated carbocycles. The Morgan fingerprint density at radius 2 is 2.12 bits per heavy atom. The Bertz CT molecular complexity index is 360. The number of halogens is 1. The molecule has 2 rings (SSSR count). The minimum atomic E-state index is 0. The van der Waals surface area contributed by atoms with E-state index >= 15 is 0 Å². The van der Waals surface area contributed by atoms with E-state index in [9.17, 15) is 0 Å². The fraction of sp³-hybridized carbons (Fsp3) is 0.941. The average molecular weight is 454 g/mol. The van der Waals surface area contributed by atoms with Crippen LogP contribution in [-0.4, -0.2) is 75.5 Å². The third kappa shape index (κ3) is 8.31. The van der Waals surface area contributed by atoms with Crippen LogP contribution in [0.25, 0.3) is 0 Å². The van der Waals surface area contributed by atoms with E-state index in [4.69, 9.17) is 14.5 Å². The summed E-state index contributed by atoms with van der Waals surface area (Å²) in [5.41, 5.74) is 0. The molecule has 1 saturated heterocycles. The molecule has 2 unspecified atom stereocenters. The van der Waals surface area contributed by atoms with Gasteiger partial charge in [-0.2, -0.15) is 0 Å². The summed E-state index contributed by atoms with van der Waals surface area (Å²) in [5, 5.41) is 6.71. The number of hydrogen-bond acceptors (Lipinski definition) is 4. The minimum absolute atomic E-state index is 0. The first-order chi connectivity index (χ1) is 11.2. The van der Waals surface area contributed by atoms with Crippen molar-refractivity contribution in [2.24, 2.45) is 4.99 Å². The van der Waals surface area contributed by atoms with E-state index in [0.29, 0.717) is 12.1 Å². The van der Waals surface area contributed by atoms with Gasteiger partial charge in [-0.05, 0) is 46.6 Å². The zero-order valence-electron chi connectivity index (χ0n) is 15.4. The molecule has 142 valence electrons. The van der Waals surface area contributed by atoms with E-state index in [1.165, 1.54) is 12.8 Å². The predicted octanol–water partition coefficient (Wildman–Crippen LogP) is 1.84. The van der Waals surface area contributed by atoms with Crippen molar-refractivity contribution in [2.75, 3.05) is 46.5 Å². The number of nitrogens with one attached hydrogen (secondary N) is 2. The van der Waals surface area contributed by atoms with Crippen molar-refractivity contribution in [3.63, 3.8) is 0 Å². The number of rotatable bonds is 10. The van der Waals surface area contributed by atoms with E-state index in [-0.39, 0.29) is 24.0 Å². The fourth-order valence-corrected chi connectivity index (χ4v) is 2.71. The van der Waals surface area contributed by atoms with Gasteiger partial charge in [0.1, 0.15) is 0 Å². The van der Waals surface area contributed by atoms with Gasteiger partial charge >= 0.3 is 0 Å². The second-order valence-corrected chi connectivity index (χ2v) is 6.60. The van der Waals surface area contributed by atoms with Crippen molar-refractivity contribution >= 4 is 29.9 Å². The Balaban J connectivity index is 0.00000288. The molecule has 0 aromatic carbocycles. The highest BCUT2D eigenvalue weighted by molar-refractivity contribution is 14.0. The summed E-state index contributed by atoms with van der Waals surface area (Å²) >= 11 is 0. The van der Waals surface area contributed by atoms with Gasteiger partial charge in [0.25, 0.3) is 0 Å². The smallest absolute Gasteiger partial charge is 0.191 e. The molecule has 2 aliphatic rings. The topological polar surface area (TPSA) is 58.1 Å². The molecule has 2 atom stereocenters. The normalized spacial score (nSPS) is 22.3. The van der Waals surface area contributed by atoms with Crippen molar-refractivity contribution in [1.82, 2.24) is 15.5 Å². The molecule has 6 nitrogen and oxygen atoms in total. The van der Waals surface area contributed by atoms with Gasteiger partial charge in [0.15, 0.2) is 5.96 Å². The summed E-state index contributed by atoms with van der Waals surface area (Å²) in [7, 11) is 2.21. The summed E-state index contributed by atoms with van der Waals surface area (Å²) in [4.78, 5) is 7.16. The van der Waals surface area contributed by atoms with Gasteiger partial charge in [-0.25, -0.2) is 0 Å². The Labute approximate surface area is 164 Å². The fourth-order valence-electron chi connectivity index (χ4n) is 2.71. The van der Waals surface area contributed by atoms with Crippen LogP contribution in [0.3, 0.4) is 0 Å². The third-order valence-corrected chi connectivity index (χ3v) is 4.53. The highest BCUT2D eigenvalue weighted by atomic mass is 127. The second kappa shape index (κ2) is 12.3. The van der Waals surface area contributed by atoms with Crippen LogP contribution in [0.4, 0.5) is 0 Å². The van der Waals surface area contributed by atoms with E-state index in [1.807, 2.05) is 0 Å². The van der Waals surface area contributed by atoms with Gasteiger partial charge in [0.05, 0.1) is 19.3 Å². The van der Waals surface area contributed by atoms with Crippen molar-refractivity contribution in [2.45, 2.75) is 57.7 Å². The molecular weight excluding hydrogens is 419 g/mol. The SMILES string of the molecule is CCNC(=NCC(C)N(C)C1CC1)NCCCOC1CCOC1.I. The molecule has 1 aliphatic carbocycles. The highest BCUT2D eigenvalue weighted by Crippen LogP contribution is 2.26. The van der Waals surface area contributed by atoms with E-state index in [0.717, 1.165) is 64.3 Å². The average Bonchev–Trinajstić information content (AvgIpc) is 3.28. The Kier molecular flexibility index (Phi) is 11.2. The standard InChI is InChI=1S/C17H34N4O2.HI/c1-4-18-17(20-12-14(2)21(3)15-6-7-15)19-9-5-10-23-16-8-11-22-13-16;/h14-16H,4-13H2,1-3H3,(H2,18,19,20);1H. The monoisotopic (exact) mass is 454 g/mol. The van der Waals surface area contributed by atoms with Crippen LogP contribution in [0.1, 0.15) is 39.5 Å².